The number of nitrogens with zero attached hydrogens (tertiary/aromatic N) is 4. The Morgan fingerprint density at radius 1 is 1.42 bits per heavy atom. The summed E-state index contributed by atoms with van der Waals surface area (Å²) in [4.78, 5) is 16.7. The Hall–Kier alpha value is -1.97. The minimum atomic E-state index is -0.211. The molecule has 0 radical (unpaired) electrons. The van der Waals surface area contributed by atoms with Crippen LogP contribution in [-0.4, -0.2) is 38.0 Å². The van der Waals surface area contributed by atoms with Gasteiger partial charge >= 0.3 is 0 Å². The maximum Gasteiger partial charge on any atom is 0.257 e. The van der Waals surface area contributed by atoms with Crippen LogP contribution in [0.15, 0.2) is 28.9 Å². The van der Waals surface area contributed by atoms with Crippen LogP contribution in [0.4, 0.5) is 5.13 Å². The third-order valence-corrected chi connectivity index (χ3v) is 5.24. The third kappa shape index (κ3) is 3.74. The van der Waals surface area contributed by atoms with Gasteiger partial charge in [-0.05, 0) is 36.9 Å². The summed E-state index contributed by atoms with van der Waals surface area (Å²) in [6, 6.07) is 5.49. The summed E-state index contributed by atoms with van der Waals surface area (Å²) >= 11 is 2.98. The molecule has 0 unspecified atom stereocenters. The van der Waals surface area contributed by atoms with Crippen molar-refractivity contribution in [1.82, 2.24) is 19.7 Å². The molecule has 0 fully saturated rings. The van der Waals surface area contributed by atoms with Gasteiger partial charge in [-0.25, -0.2) is 4.98 Å². The fourth-order valence-electron chi connectivity index (χ4n) is 2.26. The van der Waals surface area contributed by atoms with E-state index in [1.54, 1.807) is 30.2 Å². The molecule has 3 rings (SSSR count). The quantitative estimate of drug-likeness (QED) is 0.495. The highest BCUT2D eigenvalue weighted by molar-refractivity contribution is 8.01. The van der Waals surface area contributed by atoms with Gasteiger partial charge < -0.3 is 10.3 Å². The van der Waals surface area contributed by atoms with Gasteiger partial charge in [-0.2, -0.15) is 0 Å². The lowest BCUT2D eigenvalue weighted by atomic mass is 10.2. The molecule has 24 heavy (non-hydrogen) atoms. The van der Waals surface area contributed by atoms with E-state index >= 15 is 0 Å². The molecule has 2 aromatic heterocycles. The summed E-state index contributed by atoms with van der Waals surface area (Å²) in [6.45, 7) is 3.51. The Labute approximate surface area is 147 Å². The smallest absolute Gasteiger partial charge is 0.257 e. The van der Waals surface area contributed by atoms with Gasteiger partial charge in [0.25, 0.3) is 5.91 Å². The summed E-state index contributed by atoms with van der Waals surface area (Å²) in [6.07, 6.45) is 2.67. The molecule has 0 spiro atoms. The van der Waals surface area contributed by atoms with E-state index in [4.69, 9.17) is 5.73 Å². The van der Waals surface area contributed by atoms with Crippen molar-refractivity contribution in [3.8, 4) is 0 Å². The van der Waals surface area contributed by atoms with Crippen molar-refractivity contribution >= 4 is 45.2 Å². The molecule has 7 nitrogen and oxygen atoms in total. The molecule has 126 valence electrons. The van der Waals surface area contributed by atoms with E-state index < -0.39 is 0 Å². The van der Waals surface area contributed by atoms with Crippen LogP contribution in [0.3, 0.4) is 0 Å². The number of hydrogen-bond acceptors (Lipinski definition) is 7. The zero-order chi connectivity index (χ0) is 16.9. The second-order valence-corrected chi connectivity index (χ2v) is 7.53. The minimum Gasteiger partial charge on any atom is -0.331 e. The van der Waals surface area contributed by atoms with Crippen molar-refractivity contribution in [1.29, 1.82) is 0 Å². The van der Waals surface area contributed by atoms with Gasteiger partial charge in [0.05, 0.1) is 17.4 Å². The minimum absolute atomic E-state index is 0.211. The number of fused-ring (bicyclic) bond motifs is 1. The summed E-state index contributed by atoms with van der Waals surface area (Å²) in [7, 11) is 0. The summed E-state index contributed by atoms with van der Waals surface area (Å²) in [5.74, 6) is 0.712. The van der Waals surface area contributed by atoms with Crippen LogP contribution in [0.2, 0.25) is 0 Å². The van der Waals surface area contributed by atoms with E-state index in [0.717, 1.165) is 34.1 Å². The zero-order valence-corrected chi connectivity index (χ0v) is 14.9. The average Bonchev–Trinajstić information content (AvgIpc) is 3.19. The lowest BCUT2D eigenvalue weighted by molar-refractivity contribution is 0.102. The third-order valence-electron chi connectivity index (χ3n) is 3.38. The van der Waals surface area contributed by atoms with E-state index in [2.05, 4.69) is 20.5 Å². The topological polar surface area (TPSA) is 98.7 Å². The normalized spacial score (nSPS) is 11.1. The molecular formula is C15H18N6OS2. The second kappa shape index (κ2) is 7.73. The summed E-state index contributed by atoms with van der Waals surface area (Å²) in [5.41, 5.74) is 7.89. The van der Waals surface area contributed by atoms with Gasteiger partial charge in [0.15, 0.2) is 4.34 Å². The van der Waals surface area contributed by atoms with Crippen LogP contribution >= 0.6 is 23.1 Å². The molecule has 0 saturated heterocycles. The van der Waals surface area contributed by atoms with Crippen molar-refractivity contribution < 1.29 is 4.79 Å². The van der Waals surface area contributed by atoms with E-state index in [-0.39, 0.29) is 5.91 Å². The number of amides is 1. The standard InChI is InChI=1S/C15H18N6OS2/c1-2-23-15-20-19-14(24-15)18-13(22)10-4-5-12-11(8-10)17-9-21(12)7-3-6-16/h4-5,8-9H,2-3,6-7,16H2,1H3,(H,18,19,22). The van der Waals surface area contributed by atoms with E-state index in [0.29, 0.717) is 17.2 Å². The number of rotatable bonds is 7. The Kier molecular flexibility index (Phi) is 5.44. The van der Waals surface area contributed by atoms with Crippen LogP contribution in [0.25, 0.3) is 11.0 Å². The highest BCUT2D eigenvalue weighted by Crippen LogP contribution is 2.25. The van der Waals surface area contributed by atoms with Gasteiger partial charge in [0.1, 0.15) is 0 Å². The van der Waals surface area contributed by atoms with Crippen LogP contribution < -0.4 is 11.1 Å². The highest BCUT2D eigenvalue weighted by Gasteiger charge is 2.12. The number of benzene rings is 1. The fraction of sp³-hybridized carbons (Fsp3) is 0.333. The maximum atomic E-state index is 12.4. The Morgan fingerprint density at radius 2 is 2.29 bits per heavy atom. The predicted octanol–water partition coefficient (Wildman–Crippen LogP) is 2.60. The number of hydrogen-bond donors (Lipinski definition) is 2. The van der Waals surface area contributed by atoms with Gasteiger partial charge in [-0.15, -0.1) is 10.2 Å². The number of carbonyl (C=O) groups is 1. The largest absolute Gasteiger partial charge is 0.331 e. The first-order chi connectivity index (χ1) is 11.7. The number of nitrogens with one attached hydrogen (secondary N) is 1. The number of imidazole rings is 1. The molecule has 1 amide bonds. The number of aromatic nitrogens is 4. The van der Waals surface area contributed by atoms with Crippen molar-refractivity contribution in [2.45, 2.75) is 24.2 Å². The molecule has 0 saturated carbocycles. The van der Waals surface area contributed by atoms with Gasteiger partial charge in [-0.3, -0.25) is 10.1 Å². The van der Waals surface area contributed by atoms with Crippen molar-refractivity contribution in [2.75, 3.05) is 17.6 Å². The Balaban J connectivity index is 1.74. The first-order valence-electron chi connectivity index (χ1n) is 7.64. The molecule has 2 heterocycles. The van der Waals surface area contributed by atoms with Gasteiger partial charge in [0, 0.05) is 12.1 Å². The molecule has 3 aromatic rings. The van der Waals surface area contributed by atoms with Gasteiger partial charge in [-0.1, -0.05) is 30.0 Å². The second-order valence-electron chi connectivity index (χ2n) is 5.04. The van der Waals surface area contributed by atoms with E-state index in [1.165, 1.54) is 11.3 Å². The first kappa shape index (κ1) is 16.9. The monoisotopic (exact) mass is 362 g/mol. The molecule has 0 aliphatic rings. The summed E-state index contributed by atoms with van der Waals surface area (Å²) in [5, 5.41) is 11.3. The van der Waals surface area contributed by atoms with Crippen molar-refractivity contribution in [2.24, 2.45) is 5.73 Å². The van der Waals surface area contributed by atoms with Crippen LogP contribution in [-0.2, 0) is 6.54 Å². The van der Waals surface area contributed by atoms with E-state index in [9.17, 15) is 4.79 Å². The lowest BCUT2D eigenvalue weighted by Crippen LogP contribution is -2.11. The van der Waals surface area contributed by atoms with E-state index in [1.807, 2.05) is 17.6 Å². The SMILES string of the molecule is CCSc1nnc(NC(=O)c2ccc3c(c2)ncn3CCCN)s1. The van der Waals surface area contributed by atoms with Crippen molar-refractivity contribution in [3.63, 3.8) is 0 Å². The molecule has 3 N–H and O–H groups in total. The zero-order valence-electron chi connectivity index (χ0n) is 13.2. The molecule has 0 aliphatic heterocycles. The number of anilines is 1. The molecular weight excluding hydrogens is 344 g/mol. The molecule has 0 atom stereocenters. The first-order valence-corrected chi connectivity index (χ1v) is 9.44. The molecule has 0 aliphatic carbocycles. The number of aryl methyl sites for hydroxylation is 1. The number of thioether (sulfide) groups is 1. The van der Waals surface area contributed by atoms with Crippen molar-refractivity contribution in [3.05, 3.63) is 30.1 Å². The fourth-order valence-corrected chi connectivity index (χ4v) is 3.90. The molecule has 9 heteroatoms. The number of carbonyl (C=O) groups excluding carboxylic acids is 1. The molecule has 0 bridgehead atoms. The number of nitrogens with two attached hydrogens (primary N) is 1. The van der Waals surface area contributed by atoms with Crippen LogP contribution in [0.5, 0.6) is 0 Å². The Morgan fingerprint density at radius 3 is 3.08 bits per heavy atom. The predicted molar refractivity (Wildman–Crippen MR) is 97.7 cm³/mol. The van der Waals surface area contributed by atoms with Crippen LogP contribution in [0, 0.1) is 0 Å². The average molecular weight is 362 g/mol. The molecule has 1 aromatic carbocycles. The van der Waals surface area contributed by atoms with Crippen LogP contribution in [0.1, 0.15) is 23.7 Å². The maximum absolute atomic E-state index is 12.4. The Bertz CT molecular complexity index is 843. The van der Waals surface area contributed by atoms with Gasteiger partial charge in [0.2, 0.25) is 5.13 Å². The lowest BCUT2D eigenvalue weighted by Gasteiger charge is -2.04. The summed E-state index contributed by atoms with van der Waals surface area (Å²) < 4.78 is 2.89. The highest BCUT2D eigenvalue weighted by atomic mass is 32.2.